The highest BCUT2D eigenvalue weighted by molar-refractivity contribution is 6.08. The number of aryl methyl sites for hydroxylation is 1. The average molecular weight is 599 g/mol. The van der Waals surface area contributed by atoms with Gasteiger partial charge in [-0.2, -0.15) is 4.98 Å². The number of rotatable bonds is 10. The molecule has 2 amide bonds. The first-order valence-corrected chi connectivity index (χ1v) is 15.1. The largest absolute Gasteiger partial charge is 0.492 e. The number of hydrogen-bond donors (Lipinski definition) is 4. The van der Waals surface area contributed by atoms with Gasteiger partial charge in [0.25, 0.3) is 0 Å². The molecule has 1 aliphatic heterocycles. The second-order valence-electron chi connectivity index (χ2n) is 11.9. The van der Waals surface area contributed by atoms with Gasteiger partial charge in [-0.25, -0.2) is 9.78 Å². The van der Waals surface area contributed by atoms with Crippen molar-refractivity contribution in [3.8, 4) is 17.4 Å². The fraction of sp³-hybridized carbons (Fsp3) is 0.382. The minimum atomic E-state index is -0.385. The van der Waals surface area contributed by atoms with Crippen LogP contribution in [0.4, 0.5) is 27.8 Å². The Morgan fingerprint density at radius 2 is 1.73 bits per heavy atom. The molecule has 4 N–H and O–H groups in total. The fourth-order valence-corrected chi connectivity index (χ4v) is 5.24. The van der Waals surface area contributed by atoms with E-state index in [1.165, 1.54) is 0 Å². The topological polar surface area (TPSA) is 119 Å². The van der Waals surface area contributed by atoms with Crippen molar-refractivity contribution in [3.05, 3.63) is 65.9 Å². The normalized spacial score (nSPS) is 14.7. The van der Waals surface area contributed by atoms with E-state index in [4.69, 9.17) is 14.2 Å². The van der Waals surface area contributed by atoms with Gasteiger partial charge in [0.05, 0.1) is 30.3 Å². The zero-order chi connectivity index (χ0) is 31.3. The lowest BCUT2D eigenvalue weighted by Gasteiger charge is -2.24. The number of ether oxygens (including phenoxy) is 3. The second kappa shape index (κ2) is 13.4. The molecule has 0 spiro atoms. The van der Waals surface area contributed by atoms with E-state index in [9.17, 15) is 4.79 Å². The van der Waals surface area contributed by atoms with Crippen molar-refractivity contribution in [1.29, 1.82) is 0 Å². The molecule has 0 saturated carbocycles. The minimum absolute atomic E-state index is 0.126. The summed E-state index contributed by atoms with van der Waals surface area (Å²) in [5, 5.41) is 14.3. The number of carbonyl (C=O) groups excluding carboxylic acids is 1. The molecule has 1 atom stereocenters. The number of benzene rings is 3. The Bertz CT molecular complexity index is 1630. The van der Waals surface area contributed by atoms with Crippen LogP contribution in [-0.4, -0.2) is 48.9 Å². The lowest BCUT2D eigenvalue weighted by molar-refractivity contribution is 0.120. The molecule has 0 aliphatic carbocycles. The monoisotopic (exact) mass is 598 g/mol. The maximum absolute atomic E-state index is 13.4. The number of anilines is 4. The third kappa shape index (κ3) is 7.31. The van der Waals surface area contributed by atoms with Crippen LogP contribution in [0.25, 0.3) is 10.8 Å². The van der Waals surface area contributed by atoms with Crippen LogP contribution in [-0.2, 0) is 10.2 Å². The summed E-state index contributed by atoms with van der Waals surface area (Å²) in [4.78, 5) is 22.4. The van der Waals surface area contributed by atoms with E-state index in [1.807, 2.05) is 56.3 Å². The highest BCUT2D eigenvalue weighted by atomic mass is 16.5. The van der Waals surface area contributed by atoms with Crippen molar-refractivity contribution in [3.63, 3.8) is 0 Å². The lowest BCUT2D eigenvalue weighted by Crippen LogP contribution is -2.21. The van der Waals surface area contributed by atoms with Gasteiger partial charge in [-0.1, -0.05) is 45.0 Å². The first-order valence-electron chi connectivity index (χ1n) is 15.1. The zero-order valence-electron chi connectivity index (χ0n) is 26.3. The summed E-state index contributed by atoms with van der Waals surface area (Å²) >= 11 is 0. The number of amides is 2. The van der Waals surface area contributed by atoms with Crippen LogP contribution >= 0.6 is 0 Å². The van der Waals surface area contributed by atoms with E-state index in [0.29, 0.717) is 41.2 Å². The molecule has 1 aromatic heterocycles. The SMILES string of the molecule is CCNc1cc(C(C)(C)C)cc(NC(=O)Nc2ccc(Oc3cc(C)nc(NCC4CCCO4)n3)c3ccccc23)c1OC. The molecule has 10 nitrogen and oxygen atoms in total. The lowest BCUT2D eigenvalue weighted by atomic mass is 9.86. The van der Waals surface area contributed by atoms with Crippen molar-refractivity contribution in [1.82, 2.24) is 9.97 Å². The number of urea groups is 1. The van der Waals surface area contributed by atoms with Crippen molar-refractivity contribution >= 4 is 39.8 Å². The Hall–Kier alpha value is -4.57. The first kappa shape index (κ1) is 30.9. The quantitative estimate of drug-likeness (QED) is 0.147. The van der Waals surface area contributed by atoms with Gasteiger partial charge in [-0.05, 0) is 61.9 Å². The van der Waals surface area contributed by atoms with Gasteiger partial charge in [-0.3, -0.25) is 0 Å². The summed E-state index contributed by atoms with van der Waals surface area (Å²) in [5.74, 6) is 2.12. The molecule has 0 bridgehead atoms. The van der Waals surface area contributed by atoms with Gasteiger partial charge in [0, 0.05) is 42.2 Å². The van der Waals surface area contributed by atoms with Crippen LogP contribution in [0, 0.1) is 6.92 Å². The number of fused-ring (bicyclic) bond motifs is 1. The van der Waals surface area contributed by atoms with E-state index in [2.05, 4.69) is 58.1 Å². The van der Waals surface area contributed by atoms with Crippen LogP contribution in [0.1, 0.15) is 51.8 Å². The van der Waals surface area contributed by atoms with E-state index in [1.54, 1.807) is 13.2 Å². The van der Waals surface area contributed by atoms with Gasteiger partial charge < -0.3 is 35.5 Å². The molecular formula is C34H42N6O4. The van der Waals surface area contributed by atoms with Gasteiger partial charge >= 0.3 is 6.03 Å². The van der Waals surface area contributed by atoms with Gasteiger partial charge in [0.15, 0.2) is 5.75 Å². The van der Waals surface area contributed by atoms with E-state index >= 15 is 0 Å². The Morgan fingerprint density at radius 3 is 2.43 bits per heavy atom. The Balaban J connectivity index is 1.37. The molecule has 1 fully saturated rings. The van der Waals surface area contributed by atoms with E-state index in [0.717, 1.165) is 53.7 Å². The molecule has 5 rings (SSSR count). The number of nitrogens with zero attached hydrogens (tertiary/aromatic N) is 2. The maximum Gasteiger partial charge on any atom is 0.323 e. The molecule has 2 heterocycles. The molecule has 232 valence electrons. The second-order valence-corrected chi connectivity index (χ2v) is 11.9. The number of aromatic nitrogens is 2. The number of nitrogens with one attached hydrogen (secondary N) is 4. The Morgan fingerprint density at radius 1 is 0.977 bits per heavy atom. The summed E-state index contributed by atoms with van der Waals surface area (Å²) in [6.45, 7) is 12.5. The van der Waals surface area contributed by atoms with E-state index < -0.39 is 0 Å². The van der Waals surface area contributed by atoms with Crippen LogP contribution < -0.4 is 30.7 Å². The maximum atomic E-state index is 13.4. The third-order valence-corrected chi connectivity index (χ3v) is 7.46. The van der Waals surface area contributed by atoms with Gasteiger partial charge in [-0.15, -0.1) is 0 Å². The average Bonchev–Trinajstić information content (AvgIpc) is 3.51. The molecule has 0 radical (unpaired) electrons. The van der Waals surface area contributed by atoms with Crippen LogP contribution in [0.5, 0.6) is 17.4 Å². The molecule has 1 saturated heterocycles. The number of carbonyl (C=O) groups is 1. The highest BCUT2D eigenvalue weighted by Gasteiger charge is 2.21. The smallest absolute Gasteiger partial charge is 0.323 e. The van der Waals surface area contributed by atoms with Crippen molar-refractivity contribution < 1.29 is 19.0 Å². The molecule has 4 aromatic rings. The van der Waals surface area contributed by atoms with Crippen LogP contribution in [0.3, 0.4) is 0 Å². The van der Waals surface area contributed by atoms with Crippen molar-refractivity contribution in [2.75, 3.05) is 48.1 Å². The summed E-state index contributed by atoms with van der Waals surface area (Å²) < 4.78 is 17.7. The number of methoxy groups -OCH3 is 1. The Kier molecular flexibility index (Phi) is 9.39. The molecule has 1 unspecified atom stereocenters. The van der Waals surface area contributed by atoms with E-state index in [-0.39, 0.29) is 17.6 Å². The zero-order valence-corrected chi connectivity index (χ0v) is 26.3. The molecular weight excluding hydrogens is 556 g/mol. The summed E-state index contributed by atoms with van der Waals surface area (Å²) in [7, 11) is 1.60. The standard InChI is InChI=1S/C34H42N6O4/c1-7-35-27-18-22(34(3,4)5)19-28(31(27)42-6)39-33(41)38-26-14-15-29(25-13-9-8-12-24(25)26)44-30-17-21(2)37-32(40-30)36-20-23-11-10-16-43-23/h8-9,12-15,17-19,23,35H,7,10-11,16,20H2,1-6H3,(H,36,37,40)(H2,38,39,41). The fourth-order valence-electron chi connectivity index (χ4n) is 5.24. The first-order chi connectivity index (χ1) is 21.1. The Labute approximate surface area is 258 Å². The van der Waals surface area contributed by atoms with Crippen LogP contribution in [0.2, 0.25) is 0 Å². The predicted molar refractivity (Wildman–Crippen MR) is 177 cm³/mol. The summed E-state index contributed by atoms with van der Waals surface area (Å²) in [6, 6.07) is 16.9. The molecule has 44 heavy (non-hydrogen) atoms. The summed E-state index contributed by atoms with van der Waals surface area (Å²) in [6.07, 6.45) is 2.27. The van der Waals surface area contributed by atoms with Crippen molar-refractivity contribution in [2.24, 2.45) is 0 Å². The third-order valence-electron chi connectivity index (χ3n) is 7.46. The predicted octanol–water partition coefficient (Wildman–Crippen LogP) is 7.70. The number of hydrogen-bond acceptors (Lipinski definition) is 8. The minimum Gasteiger partial charge on any atom is -0.492 e. The highest BCUT2D eigenvalue weighted by Crippen LogP contribution is 2.39. The van der Waals surface area contributed by atoms with Gasteiger partial charge in [0.1, 0.15) is 5.75 Å². The van der Waals surface area contributed by atoms with Crippen molar-refractivity contribution in [2.45, 2.75) is 59.0 Å². The van der Waals surface area contributed by atoms with Crippen LogP contribution in [0.15, 0.2) is 54.6 Å². The molecule has 3 aromatic carbocycles. The molecule has 1 aliphatic rings. The van der Waals surface area contributed by atoms with Gasteiger partial charge in [0.2, 0.25) is 11.8 Å². The summed E-state index contributed by atoms with van der Waals surface area (Å²) in [5.41, 5.74) is 3.78. The molecule has 10 heteroatoms.